The fraction of sp³-hybridized carbons (Fsp3) is 0.312. The second-order valence-corrected chi connectivity index (χ2v) is 5.29. The Balaban J connectivity index is 2.38. The number of nitriles is 2. The Morgan fingerprint density at radius 1 is 1.36 bits per heavy atom. The number of pyridine rings is 1. The van der Waals surface area contributed by atoms with Crippen molar-refractivity contribution in [3.05, 3.63) is 34.3 Å². The molecule has 2 aromatic rings. The number of hydrogen-bond acceptors (Lipinski definition) is 5. The number of fused-ring (bicyclic) bond motifs is 1. The Morgan fingerprint density at radius 2 is 2.14 bits per heavy atom. The maximum Gasteiger partial charge on any atom is 0.142 e. The van der Waals surface area contributed by atoms with E-state index in [4.69, 9.17) is 10.5 Å². The molecular formula is C16H15N5O. The molecule has 0 saturated heterocycles. The van der Waals surface area contributed by atoms with Gasteiger partial charge in [-0.2, -0.15) is 10.5 Å². The Hall–Kier alpha value is -2.83. The van der Waals surface area contributed by atoms with Crippen LogP contribution in [0.15, 0.2) is 6.07 Å². The molecule has 0 aromatic carbocycles. The molecule has 3 heterocycles. The molecule has 2 aromatic heterocycles. The summed E-state index contributed by atoms with van der Waals surface area (Å²) in [5.74, 6) is 0.236. The SMILES string of the molecule is Cc1c(-c2c(C#N)c(N)nc3c2COCC3)cc(C#N)n1C. The Kier molecular flexibility index (Phi) is 3.32. The van der Waals surface area contributed by atoms with Crippen LogP contribution < -0.4 is 5.73 Å². The number of nitrogens with two attached hydrogens (primary N) is 1. The van der Waals surface area contributed by atoms with E-state index in [1.165, 1.54) is 0 Å². The van der Waals surface area contributed by atoms with E-state index < -0.39 is 0 Å². The molecule has 0 amide bonds. The van der Waals surface area contributed by atoms with Crippen LogP contribution in [0.5, 0.6) is 0 Å². The summed E-state index contributed by atoms with van der Waals surface area (Å²) in [7, 11) is 1.83. The lowest BCUT2D eigenvalue weighted by Gasteiger charge is -2.21. The summed E-state index contributed by atoms with van der Waals surface area (Å²) >= 11 is 0. The van der Waals surface area contributed by atoms with Crippen LogP contribution in [0.2, 0.25) is 0 Å². The number of hydrogen-bond donors (Lipinski definition) is 1. The quantitative estimate of drug-likeness (QED) is 0.863. The van der Waals surface area contributed by atoms with Crippen LogP contribution in [0.25, 0.3) is 11.1 Å². The molecule has 1 aliphatic rings. The third-order valence-corrected chi connectivity index (χ3v) is 4.17. The highest BCUT2D eigenvalue weighted by Gasteiger charge is 2.25. The van der Waals surface area contributed by atoms with Crippen molar-refractivity contribution in [2.75, 3.05) is 12.3 Å². The summed E-state index contributed by atoms with van der Waals surface area (Å²) in [4.78, 5) is 4.35. The van der Waals surface area contributed by atoms with Crippen molar-refractivity contribution in [1.29, 1.82) is 10.5 Å². The average molecular weight is 293 g/mol. The van der Waals surface area contributed by atoms with Crippen molar-refractivity contribution >= 4 is 5.82 Å². The maximum absolute atomic E-state index is 9.50. The highest BCUT2D eigenvalue weighted by atomic mass is 16.5. The Morgan fingerprint density at radius 3 is 2.77 bits per heavy atom. The van der Waals surface area contributed by atoms with Gasteiger partial charge < -0.3 is 15.0 Å². The first kappa shape index (κ1) is 14.1. The molecule has 6 nitrogen and oxygen atoms in total. The van der Waals surface area contributed by atoms with Crippen molar-refractivity contribution in [3.63, 3.8) is 0 Å². The van der Waals surface area contributed by atoms with E-state index in [2.05, 4.69) is 17.1 Å². The van der Waals surface area contributed by atoms with Gasteiger partial charge in [-0.25, -0.2) is 4.98 Å². The van der Waals surface area contributed by atoms with Crippen molar-refractivity contribution in [3.8, 4) is 23.3 Å². The van der Waals surface area contributed by atoms with Crippen LogP contribution in [0, 0.1) is 29.6 Å². The van der Waals surface area contributed by atoms with Crippen LogP contribution >= 0.6 is 0 Å². The average Bonchev–Trinajstić information content (AvgIpc) is 2.81. The molecule has 0 bridgehead atoms. The Labute approximate surface area is 128 Å². The first-order valence-electron chi connectivity index (χ1n) is 6.94. The second kappa shape index (κ2) is 5.18. The minimum absolute atomic E-state index is 0.236. The molecule has 2 N–H and O–H groups in total. The smallest absolute Gasteiger partial charge is 0.142 e. The highest BCUT2D eigenvalue weighted by Crippen LogP contribution is 2.37. The lowest BCUT2D eigenvalue weighted by Crippen LogP contribution is -2.16. The van der Waals surface area contributed by atoms with Gasteiger partial charge in [-0.15, -0.1) is 0 Å². The number of ether oxygens (including phenoxy) is 1. The molecule has 3 rings (SSSR count). The van der Waals surface area contributed by atoms with Crippen LogP contribution in [-0.4, -0.2) is 16.2 Å². The molecule has 0 aliphatic carbocycles. The number of nitrogens with zero attached hydrogens (tertiary/aromatic N) is 4. The first-order valence-corrected chi connectivity index (χ1v) is 6.94. The molecule has 0 saturated carbocycles. The van der Waals surface area contributed by atoms with Gasteiger partial charge in [0.05, 0.1) is 18.9 Å². The lowest BCUT2D eigenvalue weighted by atomic mass is 9.93. The van der Waals surface area contributed by atoms with Crippen LogP contribution in [0.1, 0.15) is 28.2 Å². The zero-order chi connectivity index (χ0) is 15.9. The van der Waals surface area contributed by atoms with Gasteiger partial charge in [0.15, 0.2) is 0 Å². The fourth-order valence-electron chi connectivity index (χ4n) is 2.87. The van der Waals surface area contributed by atoms with E-state index in [9.17, 15) is 10.5 Å². The molecular weight excluding hydrogens is 278 g/mol. The lowest BCUT2D eigenvalue weighted by molar-refractivity contribution is 0.109. The van der Waals surface area contributed by atoms with E-state index in [1.807, 2.05) is 18.5 Å². The van der Waals surface area contributed by atoms with Crippen LogP contribution in [0.4, 0.5) is 5.82 Å². The summed E-state index contributed by atoms with van der Waals surface area (Å²) < 4.78 is 7.35. The summed E-state index contributed by atoms with van der Waals surface area (Å²) in [5.41, 5.74) is 11.1. The van der Waals surface area contributed by atoms with Gasteiger partial charge in [0.2, 0.25) is 0 Å². The standard InChI is InChI=1S/C16H15N5O/c1-9-11(5-10(6-17)21(9)2)15-12(7-18)16(19)20-14-3-4-22-8-13(14)15/h5H,3-4,8H2,1-2H3,(H2,19,20). The van der Waals surface area contributed by atoms with Gasteiger partial charge in [-0.05, 0) is 13.0 Å². The van der Waals surface area contributed by atoms with Gasteiger partial charge in [-0.1, -0.05) is 0 Å². The molecule has 110 valence electrons. The second-order valence-electron chi connectivity index (χ2n) is 5.29. The number of anilines is 1. The number of aromatic nitrogens is 2. The third-order valence-electron chi connectivity index (χ3n) is 4.17. The fourth-order valence-corrected chi connectivity index (χ4v) is 2.87. The van der Waals surface area contributed by atoms with Crippen molar-refractivity contribution in [1.82, 2.24) is 9.55 Å². The zero-order valence-electron chi connectivity index (χ0n) is 12.5. The predicted octanol–water partition coefficient (Wildman–Crippen LogP) is 1.79. The topological polar surface area (TPSA) is 101 Å². The summed E-state index contributed by atoms with van der Waals surface area (Å²) in [6.07, 6.45) is 0.676. The highest BCUT2D eigenvalue weighted by molar-refractivity contribution is 5.81. The Bertz CT molecular complexity index is 851. The van der Waals surface area contributed by atoms with Gasteiger partial charge in [0.25, 0.3) is 0 Å². The largest absolute Gasteiger partial charge is 0.383 e. The van der Waals surface area contributed by atoms with E-state index in [-0.39, 0.29) is 5.82 Å². The van der Waals surface area contributed by atoms with Gasteiger partial charge in [0.1, 0.15) is 29.2 Å². The van der Waals surface area contributed by atoms with Gasteiger partial charge in [0, 0.05) is 35.9 Å². The monoisotopic (exact) mass is 293 g/mol. The van der Waals surface area contributed by atoms with Crippen molar-refractivity contribution < 1.29 is 4.74 Å². The molecule has 6 heteroatoms. The maximum atomic E-state index is 9.50. The predicted molar refractivity (Wildman–Crippen MR) is 80.6 cm³/mol. The van der Waals surface area contributed by atoms with Crippen molar-refractivity contribution in [2.24, 2.45) is 7.05 Å². The molecule has 0 fully saturated rings. The summed E-state index contributed by atoms with van der Waals surface area (Å²) in [6.45, 7) is 2.93. The molecule has 22 heavy (non-hydrogen) atoms. The van der Waals surface area contributed by atoms with E-state index in [0.29, 0.717) is 30.9 Å². The summed E-state index contributed by atoms with van der Waals surface area (Å²) in [5, 5.41) is 18.7. The van der Waals surface area contributed by atoms with Crippen LogP contribution in [0.3, 0.4) is 0 Å². The van der Waals surface area contributed by atoms with E-state index in [0.717, 1.165) is 28.1 Å². The van der Waals surface area contributed by atoms with E-state index in [1.54, 1.807) is 6.07 Å². The first-order chi connectivity index (χ1) is 10.6. The molecule has 0 radical (unpaired) electrons. The zero-order valence-corrected chi connectivity index (χ0v) is 12.5. The van der Waals surface area contributed by atoms with E-state index >= 15 is 0 Å². The molecule has 0 atom stereocenters. The number of rotatable bonds is 1. The minimum Gasteiger partial charge on any atom is -0.383 e. The molecule has 0 spiro atoms. The number of nitrogen functional groups attached to an aromatic ring is 1. The van der Waals surface area contributed by atoms with Crippen molar-refractivity contribution in [2.45, 2.75) is 20.0 Å². The molecule has 1 aliphatic heterocycles. The minimum atomic E-state index is 0.236. The normalized spacial score (nSPS) is 13.3. The summed E-state index contributed by atoms with van der Waals surface area (Å²) in [6, 6.07) is 6.10. The van der Waals surface area contributed by atoms with Crippen LogP contribution in [-0.2, 0) is 24.8 Å². The third kappa shape index (κ3) is 1.93. The van der Waals surface area contributed by atoms with Gasteiger partial charge >= 0.3 is 0 Å². The molecule has 0 unspecified atom stereocenters. The van der Waals surface area contributed by atoms with Gasteiger partial charge in [-0.3, -0.25) is 0 Å².